The standard InChI is InChI=1S/C13H21N3O/c1-15-12(11-3-2-6-17-9-11)7-10-4-5-16-13(14)8-10/h4-5,8,11-12,15H,2-3,6-7,9H2,1H3,(H2,14,16). The third-order valence-corrected chi connectivity index (χ3v) is 3.44. The Labute approximate surface area is 103 Å². The van der Waals surface area contributed by atoms with Crippen molar-refractivity contribution < 1.29 is 4.74 Å². The van der Waals surface area contributed by atoms with E-state index in [1.54, 1.807) is 6.20 Å². The number of nitrogens with one attached hydrogen (secondary N) is 1. The summed E-state index contributed by atoms with van der Waals surface area (Å²) >= 11 is 0. The summed E-state index contributed by atoms with van der Waals surface area (Å²) in [6, 6.07) is 4.44. The van der Waals surface area contributed by atoms with E-state index in [-0.39, 0.29) is 0 Å². The van der Waals surface area contributed by atoms with Crippen LogP contribution in [-0.4, -0.2) is 31.3 Å². The molecule has 1 aromatic rings. The molecule has 4 heteroatoms. The summed E-state index contributed by atoms with van der Waals surface area (Å²) in [5.41, 5.74) is 6.94. The van der Waals surface area contributed by atoms with Gasteiger partial charge in [0, 0.05) is 18.8 Å². The smallest absolute Gasteiger partial charge is 0.123 e. The van der Waals surface area contributed by atoms with Crippen LogP contribution in [-0.2, 0) is 11.2 Å². The van der Waals surface area contributed by atoms with Crippen LogP contribution in [0.2, 0.25) is 0 Å². The van der Waals surface area contributed by atoms with Crippen molar-refractivity contribution in [1.29, 1.82) is 0 Å². The zero-order valence-corrected chi connectivity index (χ0v) is 10.4. The molecule has 2 unspecified atom stereocenters. The summed E-state index contributed by atoms with van der Waals surface area (Å²) in [6.45, 7) is 1.78. The number of aromatic nitrogens is 1. The van der Waals surface area contributed by atoms with Crippen molar-refractivity contribution in [3.63, 3.8) is 0 Å². The molecule has 1 aliphatic heterocycles. The number of pyridine rings is 1. The minimum absolute atomic E-state index is 0.456. The molecule has 1 aliphatic rings. The molecule has 94 valence electrons. The second kappa shape index (κ2) is 5.98. The molecule has 0 aliphatic carbocycles. The molecule has 1 aromatic heterocycles. The zero-order chi connectivity index (χ0) is 12.1. The van der Waals surface area contributed by atoms with Crippen molar-refractivity contribution in [2.75, 3.05) is 26.0 Å². The van der Waals surface area contributed by atoms with E-state index >= 15 is 0 Å². The molecule has 2 rings (SSSR count). The number of likely N-dealkylation sites (N-methyl/N-ethyl adjacent to an activating group) is 1. The lowest BCUT2D eigenvalue weighted by molar-refractivity contribution is 0.0405. The molecule has 3 N–H and O–H groups in total. The molecule has 2 atom stereocenters. The molecule has 1 saturated heterocycles. The monoisotopic (exact) mass is 235 g/mol. The van der Waals surface area contributed by atoms with Crippen LogP contribution in [0.3, 0.4) is 0 Å². The van der Waals surface area contributed by atoms with Gasteiger partial charge in [-0.3, -0.25) is 0 Å². The SMILES string of the molecule is CNC(Cc1ccnc(N)c1)C1CCCOC1. The Morgan fingerprint density at radius 2 is 2.53 bits per heavy atom. The number of nitrogen functional groups attached to an aromatic ring is 1. The Morgan fingerprint density at radius 3 is 3.18 bits per heavy atom. The molecule has 4 nitrogen and oxygen atoms in total. The average molecular weight is 235 g/mol. The van der Waals surface area contributed by atoms with Crippen molar-refractivity contribution in [2.24, 2.45) is 5.92 Å². The summed E-state index contributed by atoms with van der Waals surface area (Å²) in [5.74, 6) is 1.19. The highest BCUT2D eigenvalue weighted by Gasteiger charge is 2.23. The van der Waals surface area contributed by atoms with Gasteiger partial charge in [0.1, 0.15) is 5.82 Å². The molecule has 0 amide bonds. The third-order valence-electron chi connectivity index (χ3n) is 3.44. The first-order chi connectivity index (χ1) is 8.29. The first-order valence-corrected chi connectivity index (χ1v) is 6.25. The number of anilines is 1. The van der Waals surface area contributed by atoms with E-state index in [1.807, 2.05) is 19.2 Å². The van der Waals surface area contributed by atoms with Crippen molar-refractivity contribution in [2.45, 2.75) is 25.3 Å². The number of nitrogens with two attached hydrogens (primary N) is 1. The van der Waals surface area contributed by atoms with Gasteiger partial charge < -0.3 is 15.8 Å². The maximum atomic E-state index is 5.70. The first kappa shape index (κ1) is 12.3. The highest BCUT2D eigenvalue weighted by atomic mass is 16.5. The van der Waals surface area contributed by atoms with E-state index in [9.17, 15) is 0 Å². The van der Waals surface area contributed by atoms with Crippen LogP contribution in [0.25, 0.3) is 0 Å². The average Bonchev–Trinajstić information content (AvgIpc) is 2.37. The van der Waals surface area contributed by atoms with Crippen LogP contribution in [0.4, 0.5) is 5.82 Å². The van der Waals surface area contributed by atoms with Crippen LogP contribution >= 0.6 is 0 Å². The molecule has 0 saturated carbocycles. The van der Waals surface area contributed by atoms with Crippen LogP contribution < -0.4 is 11.1 Å². The normalized spacial score (nSPS) is 22.3. The Bertz CT molecular complexity index is 350. The van der Waals surface area contributed by atoms with Crippen molar-refractivity contribution in [3.05, 3.63) is 23.9 Å². The lowest BCUT2D eigenvalue weighted by Crippen LogP contribution is -2.39. The maximum absolute atomic E-state index is 5.70. The van der Waals surface area contributed by atoms with Gasteiger partial charge in [-0.1, -0.05) is 0 Å². The van der Waals surface area contributed by atoms with E-state index in [0.29, 0.717) is 17.8 Å². The van der Waals surface area contributed by atoms with Gasteiger partial charge in [-0.15, -0.1) is 0 Å². The zero-order valence-electron chi connectivity index (χ0n) is 10.4. The van der Waals surface area contributed by atoms with Crippen LogP contribution in [0, 0.1) is 5.92 Å². The Kier molecular flexibility index (Phi) is 4.34. The van der Waals surface area contributed by atoms with Gasteiger partial charge in [0.15, 0.2) is 0 Å². The highest BCUT2D eigenvalue weighted by Crippen LogP contribution is 2.20. The van der Waals surface area contributed by atoms with E-state index < -0.39 is 0 Å². The number of hydrogen-bond acceptors (Lipinski definition) is 4. The molecular formula is C13H21N3O. The van der Waals surface area contributed by atoms with Gasteiger partial charge in [-0.25, -0.2) is 4.98 Å². The summed E-state index contributed by atoms with van der Waals surface area (Å²) in [5, 5.41) is 3.40. The number of rotatable bonds is 4. The van der Waals surface area contributed by atoms with Crippen molar-refractivity contribution in [1.82, 2.24) is 10.3 Å². The minimum Gasteiger partial charge on any atom is -0.384 e. The van der Waals surface area contributed by atoms with Crippen LogP contribution in [0.5, 0.6) is 0 Å². The second-order valence-electron chi connectivity index (χ2n) is 4.67. The van der Waals surface area contributed by atoms with Crippen LogP contribution in [0.15, 0.2) is 18.3 Å². The first-order valence-electron chi connectivity index (χ1n) is 6.25. The number of hydrogen-bond donors (Lipinski definition) is 2. The third kappa shape index (κ3) is 3.41. The molecule has 0 aromatic carbocycles. The van der Waals surface area contributed by atoms with Gasteiger partial charge in [0.2, 0.25) is 0 Å². The lowest BCUT2D eigenvalue weighted by atomic mass is 9.89. The van der Waals surface area contributed by atoms with Gasteiger partial charge in [-0.2, -0.15) is 0 Å². The number of nitrogens with zero attached hydrogens (tertiary/aromatic N) is 1. The van der Waals surface area contributed by atoms with E-state index in [2.05, 4.69) is 10.3 Å². The van der Waals surface area contributed by atoms with Gasteiger partial charge in [0.25, 0.3) is 0 Å². The quantitative estimate of drug-likeness (QED) is 0.824. The predicted octanol–water partition coefficient (Wildman–Crippen LogP) is 1.22. The summed E-state index contributed by atoms with van der Waals surface area (Å²) < 4.78 is 5.55. The van der Waals surface area contributed by atoms with E-state index in [1.165, 1.54) is 18.4 Å². The lowest BCUT2D eigenvalue weighted by Gasteiger charge is -2.30. The fraction of sp³-hybridized carbons (Fsp3) is 0.615. The van der Waals surface area contributed by atoms with Crippen LogP contribution in [0.1, 0.15) is 18.4 Å². The Hall–Kier alpha value is -1.13. The molecular weight excluding hydrogens is 214 g/mol. The molecule has 0 spiro atoms. The number of ether oxygens (including phenoxy) is 1. The van der Waals surface area contributed by atoms with Gasteiger partial charge in [-0.05, 0) is 49.9 Å². The van der Waals surface area contributed by atoms with Gasteiger partial charge in [0.05, 0.1) is 6.61 Å². The Morgan fingerprint density at radius 1 is 1.65 bits per heavy atom. The molecule has 0 bridgehead atoms. The largest absolute Gasteiger partial charge is 0.384 e. The van der Waals surface area contributed by atoms with Crippen molar-refractivity contribution >= 4 is 5.82 Å². The van der Waals surface area contributed by atoms with Crippen molar-refractivity contribution in [3.8, 4) is 0 Å². The summed E-state index contributed by atoms with van der Waals surface area (Å²) in [7, 11) is 2.02. The molecule has 1 fully saturated rings. The minimum atomic E-state index is 0.456. The molecule has 2 heterocycles. The fourth-order valence-electron chi connectivity index (χ4n) is 2.46. The fourth-order valence-corrected chi connectivity index (χ4v) is 2.46. The molecule has 0 radical (unpaired) electrons. The predicted molar refractivity (Wildman–Crippen MR) is 68.7 cm³/mol. The van der Waals surface area contributed by atoms with E-state index in [0.717, 1.165) is 19.6 Å². The molecule has 17 heavy (non-hydrogen) atoms. The van der Waals surface area contributed by atoms with E-state index in [4.69, 9.17) is 10.5 Å². The summed E-state index contributed by atoms with van der Waals surface area (Å²) in [6.07, 6.45) is 5.17. The summed E-state index contributed by atoms with van der Waals surface area (Å²) in [4.78, 5) is 4.02. The van der Waals surface area contributed by atoms with Gasteiger partial charge >= 0.3 is 0 Å². The second-order valence-corrected chi connectivity index (χ2v) is 4.67. The maximum Gasteiger partial charge on any atom is 0.123 e. The topological polar surface area (TPSA) is 60.2 Å². The highest BCUT2D eigenvalue weighted by molar-refractivity contribution is 5.32. The Balaban J connectivity index is 1.98.